The van der Waals surface area contributed by atoms with Gasteiger partial charge in [-0.05, 0) is 36.8 Å². The molecule has 0 bridgehead atoms. The molecule has 176 valence electrons. The summed E-state index contributed by atoms with van der Waals surface area (Å²) in [5.74, 6) is -0.542. The van der Waals surface area contributed by atoms with Crippen LogP contribution in [-0.2, 0) is 11.2 Å². The molecule has 4 heterocycles. The van der Waals surface area contributed by atoms with Gasteiger partial charge in [0, 0.05) is 61.5 Å². The number of nitrogens with two attached hydrogens (primary N) is 1. The number of likely N-dealkylation sites (N-methyl/N-ethyl adjacent to an activating group) is 1. The van der Waals surface area contributed by atoms with Crippen molar-refractivity contribution in [1.82, 2.24) is 20.2 Å². The Bertz CT molecular complexity index is 1330. The number of hydrogen-bond acceptors (Lipinski definition) is 7. The number of amides is 2. The summed E-state index contributed by atoms with van der Waals surface area (Å²) in [6.07, 6.45) is 4.46. The molecule has 1 fully saturated rings. The molecule has 0 spiro atoms. The third-order valence-corrected chi connectivity index (χ3v) is 6.43. The zero-order chi connectivity index (χ0) is 24.0. The number of fused-ring (bicyclic) bond motifs is 2. The van der Waals surface area contributed by atoms with Gasteiger partial charge in [-0.1, -0.05) is 0 Å². The van der Waals surface area contributed by atoms with E-state index >= 15 is 4.39 Å². The second kappa shape index (κ2) is 8.44. The molecule has 2 aliphatic heterocycles. The Kier molecular flexibility index (Phi) is 5.43. The van der Waals surface area contributed by atoms with Crippen LogP contribution in [0.1, 0.15) is 24.1 Å². The summed E-state index contributed by atoms with van der Waals surface area (Å²) in [6.45, 7) is 3.20. The van der Waals surface area contributed by atoms with Crippen LogP contribution in [0, 0.1) is 12.7 Å². The van der Waals surface area contributed by atoms with Crippen LogP contribution in [0.25, 0.3) is 21.9 Å². The molecule has 2 aliphatic rings. The van der Waals surface area contributed by atoms with Gasteiger partial charge in [0.25, 0.3) is 0 Å². The maximum Gasteiger partial charge on any atom is 0.414 e. The number of aryl methyl sites for hydroxylation is 1. The minimum absolute atomic E-state index is 0.0337. The first-order valence-corrected chi connectivity index (χ1v) is 11.1. The maximum atomic E-state index is 15.3. The van der Waals surface area contributed by atoms with Gasteiger partial charge in [0.2, 0.25) is 11.8 Å². The second-order valence-electron chi connectivity index (χ2n) is 8.75. The summed E-state index contributed by atoms with van der Waals surface area (Å²) in [5, 5.41) is 7.02. The van der Waals surface area contributed by atoms with Crippen molar-refractivity contribution in [2.24, 2.45) is 0 Å². The molecule has 0 aliphatic carbocycles. The van der Waals surface area contributed by atoms with Crippen LogP contribution in [0.3, 0.4) is 0 Å². The van der Waals surface area contributed by atoms with E-state index in [4.69, 9.17) is 10.5 Å². The van der Waals surface area contributed by atoms with Gasteiger partial charge in [0.15, 0.2) is 5.82 Å². The molecule has 9 nitrogen and oxygen atoms in total. The lowest BCUT2D eigenvalue weighted by molar-refractivity contribution is -0.126. The van der Waals surface area contributed by atoms with E-state index in [1.165, 1.54) is 6.20 Å². The van der Waals surface area contributed by atoms with Crippen molar-refractivity contribution in [2.75, 3.05) is 31.2 Å². The number of anilines is 2. The number of hydrogen-bond donors (Lipinski definition) is 3. The lowest BCUT2D eigenvalue weighted by Gasteiger charge is -2.21. The van der Waals surface area contributed by atoms with Crippen LogP contribution in [0.15, 0.2) is 24.5 Å². The van der Waals surface area contributed by atoms with Crippen molar-refractivity contribution < 1.29 is 18.7 Å². The second-order valence-corrected chi connectivity index (χ2v) is 8.75. The van der Waals surface area contributed by atoms with E-state index < -0.39 is 11.9 Å². The van der Waals surface area contributed by atoms with Gasteiger partial charge < -0.3 is 26.0 Å². The molecule has 34 heavy (non-hydrogen) atoms. The van der Waals surface area contributed by atoms with Gasteiger partial charge in [0.05, 0.1) is 23.1 Å². The molecule has 5 rings (SSSR count). The summed E-state index contributed by atoms with van der Waals surface area (Å²) in [6, 6.07) is 2.88. The van der Waals surface area contributed by atoms with E-state index in [2.05, 4.69) is 20.6 Å². The molecule has 2 amide bonds. The Morgan fingerprint density at radius 2 is 2.12 bits per heavy atom. The van der Waals surface area contributed by atoms with Crippen LogP contribution in [0.5, 0.6) is 5.88 Å². The number of carbonyl (C=O) groups excluding carboxylic acids is 2. The molecule has 1 aromatic carbocycles. The number of carbonyl (C=O) groups is 2. The smallest absolute Gasteiger partial charge is 0.396 e. The predicted octanol–water partition coefficient (Wildman–Crippen LogP) is 3.00. The molecular formula is C24H25FN6O3. The molecule has 0 radical (unpaired) electrons. The summed E-state index contributed by atoms with van der Waals surface area (Å²) in [7, 11) is 1.68. The minimum Gasteiger partial charge on any atom is -0.396 e. The Balaban J connectivity index is 1.46. The first-order chi connectivity index (χ1) is 16.3. The van der Waals surface area contributed by atoms with E-state index in [0.29, 0.717) is 28.4 Å². The van der Waals surface area contributed by atoms with Crippen LogP contribution < -0.4 is 21.1 Å². The topological polar surface area (TPSA) is 122 Å². The van der Waals surface area contributed by atoms with Crippen molar-refractivity contribution >= 4 is 34.1 Å². The van der Waals surface area contributed by atoms with Gasteiger partial charge >= 0.3 is 6.09 Å². The molecule has 1 atom stereocenters. The van der Waals surface area contributed by atoms with Crippen molar-refractivity contribution in [3.05, 3.63) is 41.6 Å². The van der Waals surface area contributed by atoms with Crippen LogP contribution in [0.2, 0.25) is 0 Å². The van der Waals surface area contributed by atoms with Crippen LogP contribution in [-0.4, -0.2) is 53.0 Å². The number of nitrogens with zero attached hydrogens (tertiary/aromatic N) is 3. The first kappa shape index (κ1) is 21.9. The van der Waals surface area contributed by atoms with E-state index in [9.17, 15) is 9.59 Å². The Hall–Kier alpha value is -3.95. The molecule has 0 unspecified atom stereocenters. The Morgan fingerprint density at radius 3 is 2.88 bits per heavy atom. The summed E-state index contributed by atoms with van der Waals surface area (Å²) in [4.78, 5) is 34.1. The van der Waals surface area contributed by atoms with E-state index in [1.54, 1.807) is 30.3 Å². The quantitative estimate of drug-likeness (QED) is 0.509. The standard InChI is InChI=1S/C24H25FN6O3/c1-12-16(9-28-18-4-3-5-27-23(12)18)15-6-13-7-19(29-10-17(13)22(26)21(15)25)34-24(33)30-14-8-20(32)31(2)11-14/h6-7,9-10,14,27H,3-5,8,11,26H2,1-2H3,(H,30,33)/t14-/m0/s1. The van der Waals surface area contributed by atoms with Crippen LogP contribution >= 0.6 is 0 Å². The third kappa shape index (κ3) is 3.85. The van der Waals surface area contributed by atoms with Crippen molar-refractivity contribution in [3.63, 3.8) is 0 Å². The molecule has 3 aromatic rings. The third-order valence-electron chi connectivity index (χ3n) is 6.43. The average Bonchev–Trinajstić information content (AvgIpc) is 3.13. The molecular weight excluding hydrogens is 439 g/mol. The maximum absolute atomic E-state index is 15.3. The average molecular weight is 465 g/mol. The number of nitrogen functional groups attached to an aromatic ring is 1. The normalized spacial score (nSPS) is 17.4. The zero-order valence-electron chi connectivity index (χ0n) is 18.9. The molecule has 0 saturated carbocycles. The summed E-state index contributed by atoms with van der Waals surface area (Å²) >= 11 is 0. The number of rotatable bonds is 3. The highest BCUT2D eigenvalue weighted by atomic mass is 19.1. The highest BCUT2D eigenvalue weighted by molar-refractivity contribution is 5.98. The van der Waals surface area contributed by atoms with Gasteiger partial charge in [-0.15, -0.1) is 0 Å². The van der Waals surface area contributed by atoms with Gasteiger partial charge in [-0.25, -0.2) is 14.2 Å². The number of benzene rings is 1. The van der Waals surface area contributed by atoms with E-state index in [-0.39, 0.29) is 29.9 Å². The highest BCUT2D eigenvalue weighted by Crippen LogP contribution is 2.38. The summed E-state index contributed by atoms with van der Waals surface area (Å²) < 4.78 is 20.6. The predicted molar refractivity (Wildman–Crippen MR) is 126 cm³/mol. The minimum atomic E-state index is -0.712. The molecule has 2 aromatic heterocycles. The number of aromatic nitrogens is 2. The van der Waals surface area contributed by atoms with E-state index in [0.717, 1.165) is 36.3 Å². The number of halogens is 1. The van der Waals surface area contributed by atoms with Crippen molar-refractivity contribution in [3.8, 4) is 17.0 Å². The zero-order valence-corrected chi connectivity index (χ0v) is 18.9. The Morgan fingerprint density at radius 1 is 1.29 bits per heavy atom. The lowest BCUT2D eigenvalue weighted by atomic mass is 9.95. The van der Waals surface area contributed by atoms with Gasteiger partial charge in [-0.2, -0.15) is 0 Å². The number of ether oxygens (including phenoxy) is 1. The number of likely N-dealkylation sites (tertiary alicyclic amines) is 1. The summed E-state index contributed by atoms with van der Waals surface area (Å²) in [5.41, 5.74) is 9.87. The lowest BCUT2D eigenvalue weighted by Crippen LogP contribution is -2.38. The number of nitrogens with one attached hydrogen (secondary N) is 2. The fourth-order valence-electron chi connectivity index (χ4n) is 4.60. The van der Waals surface area contributed by atoms with E-state index in [1.807, 2.05) is 6.92 Å². The van der Waals surface area contributed by atoms with Crippen molar-refractivity contribution in [2.45, 2.75) is 32.2 Å². The van der Waals surface area contributed by atoms with Gasteiger partial charge in [0.1, 0.15) is 0 Å². The largest absolute Gasteiger partial charge is 0.414 e. The number of pyridine rings is 2. The monoisotopic (exact) mass is 464 g/mol. The van der Waals surface area contributed by atoms with Crippen LogP contribution in [0.4, 0.5) is 20.6 Å². The fraction of sp³-hybridized carbons (Fsp3) is 0.333. The van der Waals surface area contributed by atoms with Gasteiger partial charge in [-0.3, -0.25) is 9.78 Å². The first-order valence-electron chi connectivity index (χ1n) is 11.1. The Labute approximate surface area is 195 Å². The molecule has 10 heteroatoms. The fourth-order valence-corrected chi connectivity index (χ4v) is 4.60. The molecule has 1 saturated heterocycles. The molecule has 4 N–H and O–H groups in total. The highest BCUT2D eigenvalue weighted by Gasteiger charge is 2.28. The SMILES string of the molecule is Cc1c(-c2cc3cc(OC(=O)N[C@H]4CC(=O)N(C)C4)ncc3c(N)c2F)cnc2c1NCCC2. The van der Waals surface area contributed by atoms with Crippen molar-refractivity contribution in [1.29, 1.82) is 0 Å².